The van der Waals surface area contributed by atoms with Gasteiger partial charge in [-0.2, -0.15) is 0 Å². The van der Waals surface area contributed by atoms with Gasteiger partial charge < -0.3 is 18.8 Å². The number of amides is 1. The number of imidazole rings is 1. The lowest BCUT2D eigenvalue weighted by Crippen LogP contribution is -2.45. The van der Waals surface area contributed by atoms with Crippen LogP contribution in [0, 0.1) is 6.92 Å². The molecule has 0 radical (unpaired) electrons. The van der Waals surface area contributed by atoms with Crippen LogP contribution in [0.1, 0.15) is 40.8 Å². The maximum Gasteiger partial charge on any atom is 0.290 e. The zero-order valence-corrected chi connectivity index (χ0v) is 15.8. The van der Waals surface area contributed by atoms with Gasteiger partial charge in [-0.15, -0.1) is 0 Å². The maximum atomic E-state index is 12.8. The quantitative estimate of drug-likeness (QED) is 0.838. The number of fused-ring (bicyclic) bond motifs is 1. The highest BCUT2D eigenvalue weighted by Gasteiger charge is 2.32. The summed E-state index contributed by atoms with van der Waals surface area (Å²) in [4.78, 5) is 24.1. The van der Waals surface area contributed by atoms with Gasteiger partial charge in [0, 0.05) is 52.0 Å². The average molecular weight is 357 g/mol. The van der Waals surface area contributed by atoms with Gasteiger partial charge >= 0.3 is 0 Å². The molecule has 2 aliphatic rings. The van der Waals surface area contributed by atoms with Crippen molar-refractivity contribution in [2.45, 2.75) is 33.0 Å². The first-order chi connectivity index (χ1) is 12.5. The number of nitrogens with zero attached hydrogens (tertiary/aromatic N) is 5. The Bertz CT molecular complexity index is 788. The van der Waals surface area contributed by atoms with E-state index in [9.17, 15) is 4.79 Å². The molecule has 4 rings (SSSR count). The Morgan fingerprint density at radius 3 is 2.65 bits per heavy atom. The Morgan fingerprint density at radius 2 is 1.96 bits per heavy atom. The van der Waals surface area contributed by atoms with Crippen LogP contribution in [-0.4, -0.2) is 69.9 Å². The molecule has 0 N–H and O–H groups in total. The summed E-state index contributed by atoms with van der Waals surface area (Å²) in [6.07, 6.45) is 1.98. The second-order valence-electron chi connectivity index (χ2n) is 7.42. The molecule has 1 saturated heterocycles. The predicted octanol–water partition coefficient (Wildman–Crippen LogP) is 1.75. The fraction of sp³-hybridized carbons (Fsp3) is 0.579. The maximum absolute atomic E-state index is 12.8. The number of aryl methyl sites for hydroxylation is 1. The second-order valence-corrected chi connectivity index (χ2v) is 7.42. The van der Waals surface area contributed by atoms with Gasteiger partial charge in [-0.05, 0) is 33.0 Å². The SMILES string of the molecule is Cc1ccc(C(=O)N2CCn3c(CN4CCN(C)CC4)cnc3[C@H]2C)o1. The Balaban J connectivity index is 1.48. The van der Waals surface area contributed by atoms with Crippen LogP contribution in [-0.2, 0) is 13.1 Å². The van der Waals surface area contributed by atoms with Crippen LogP contribution in [0.3, 0.4) is 0 Å². The number of piperazine rings is 1. The van der Waals surface area contributed by atoms with Crippen molar-refractivity contribution in [1.82, 2.24) is 24.3 Å². The lowest BCUT2D eigenvalue weighted by Gasteiger charge is -2.35. The van der Waals surface area contributed by atoms with Crippen LogP contribution >= 0.6 is 0 Å². The normalized spacial score (nSPS) is 21.8. The molecule has 26 heavy (non-hydrogen) atoms. The van der Waals surface area contributed by atoms with Crippen molar-refractivity contribution in [2.24, 2.45) is 0 Å². The molecule has 1 fully saturated rings. The van der Waals surface area contributed by atoms with Gasteiger partial charge in [0.2, 0.25) is 0 Å². The highest BCUT2D eigenvalue weighted by Crippen LogP contribution is 2.27. The van der Waals surface area contributed by atoms with Crippen molar-refractivity contribution in [3.8, 4) is 0 Å². The summed E-state index contributed by atoms with van der Waals surface area (Å²) in [5.41, 5.74) is 1.25. The van der Waals surface area contributed by atoms with Crippen molar-refractivity contribution in [2.75, 3.05) is 39.8 Å². The van der Waals surface area contributed by atoms with E-state index in [1.54, 1.807) is 6.07 Å². The number of carbonyl (C=O) groups is 1. The lowest BCUT2D eigenvalue weighted by atomic mass is 10.2. The summed E-state index contributed by atoms with van der Waals surface area (Å²) in [5.74, 6) is 2.08. The summed E-state index contributed by atoms with van der Waals surface area (Å²) in [6, 6.07) is 3.53. The average Bonchev–Trinajstić information content (AvgIpc) is 3.24. The number of carbonyl (C=O) groups excluding carboxylic acids is 1. The molecular formula is C19H27N5O2. The van der Waals surface area contributed by atoms with E-state index in [0.29, 0.717) is 12.3 Å². The molecule has 7 heteroatoms. The first-order valence-corrected chi connectivity index (χ1v) is 9.35. The molecule has 1 atom stereocenters. The predicted molar refractivity (Wildman–Crippen MR) is 97.9 cm³/mol. The lowest BCUT2D eigenvalue weighted by molar-refractivity contribution is 0.0600. The third-order valence-electron chi connectivity index (χ3n) is 5.57. The summed E-state index contributed by atoms with van der Waals surface area (Å²) < 4.78 is 7.81. The number of hydrogen-bond donors (Lipinski definition) is 0. The summed E-state index contributed by atoms with van der Waals surface area (Å²) >= 11 is 0. The number of likely N-dealkylation sites (N-methyl/N-ethyl adjacent to an activating group) is 1. The van der Waals surface area contributed by atoms with E-state index in [1.807, 2.05) is 31.0 Å². The zero-order chi connectivity index (χ0) is 18.3. The zero-order valence-electron chi connectivity index (χ0n) is 15.8. The molecule has 4 heterocycles. The van der Waals surface area contributed by atoms with E-state index in [4.69, 9.17) is 4.42 Å². The second kappa shape index (κ2) is 6.89. The minimum Gasteiger partial charge on any atom is -0.456 e. The van der Waals surface area contributed by atoms with Crippen LogP contribution in [0.5, 0.6) is 0 Å². The molecule has 140 valence electrons. The molecule has 0 bridgehead atoms. The van der Waals surface area contributed by atoms with Gasteiger partial charge in [0.05, 0.1) is 11.7 Å². The summed E-state index contributed by atoms with van der Waals surface area (Å²) in [6.45, 7) is 10.7. The largest absolute Gasteiger partial charge is 0.456 e. The molecule has 7 nitrogen and oxygen atoms in total. The van der Waals surface area contributed by atoms with Crippen molar-refractivity contribution in [3.63, 3.8) is 0 Å². The first kappa shape index (κ1) is 17.3. The molecule has 0 unspecified atom stereocenters. The third-order valence-corrected chi connectivity index (χ3v) is 5.57. The minimum absolute atomic E-state index is 0.0529. The van der Waals surface area contributed by atoms with Crippen LogP contribution in [0.15, 0.2) is 22.7 Å². The Labute approximate surface area is 154 Å². The standard InChI is InChI=1S/C19H27N5O2/c1-14-4-5-17(26-14)19(25)23-10-11-24-16(12-20-18(24)15(23)2)13-22-8-6-21(3)7-9-22/h4-5,12,15H,6-11,13H2,1-3H3/t15-/m1/s1. The first-order valence-electron chi connectivity index (χ1n) is 9.35. The number of rotatable bonds is 3. The third kappa shape index (κ3) is 3.17. The van der Waals surface area contributed by atoms with Crippen molar-refractivity contribution >= 4 is 5.91 Å². The van der Waals surface area contributed by atoms with Gasteiger partial charge in [0.1, 0.15) is 11.6 Å². The highest BCUT2D eigenvalue weighted by molar-refractivity contribution is 5.91. The number of aromatic nitrogens is 2. The smallest absolute Gasteiger partial charge is 0.290 e. The Morgan fingerprint density at radius 1 is 1.19 bits per heavy atom. The molecule has 0 spiro atoms. The minimum atomic E-state index is -0.0551. The molecule has 2 aromatic heterocycles. The van der Waals surface area contributed by atoms with Gasteiger partial charge in [0.15, 0.2) is 5.76 Å². The van der Waals surface area contributed by atoms with Gasteiger partial charge in [-0.25, -0.2) is 4.98 Å². The monoisotopic (exact) mass is 357 g/mol. The number of furan rings is 1. The van der Waals surface area contributed by atoms with Gasteiger partial charge in [0.25, 0.3) is 5.91 Å². The van der Waals surface area contributed by atoms with E-state index < -0.39 is 0 Å². The molecule has 0 aromatic carbocycles. The van der Waals surface area contributed by atoms with Crippen molar-refractivity contribution in [3.05, 3.63) is 41.4 Å². The highest BCUT2D eigenvalue weighted by atomic mass is 16.3. The van der Waals surface area contributed by atoms with Gasteiger partial charge in [-0.3, -0.25) is 9.69 Å². The van der Waals surface area contributed by atoms with Crippen molar-refractivity contribution < 1.29 is 9.21 Å². The fourth-order valence-electron chi connectivity index (χ4n) is 3.89. The van der Waals surface area contributed by atoms with E-state index in [-0.39, 0.29) is 11.9 Å². The van der Waals surface area contributed by atoms with Gasteiger partial charge in [-0.1, -0.05) is 0 Å². The molecule has 2 aromatic rings. The molecule has 0 aliphatic carbocycles. The Kier molecular flexibility index (Phi) is 4.58. The van der Waals surface area contributed by atoms with Crippen LogP contribution < -0.4 is 0 Å². The summed E-state index contributed by atoms with van der Waals surface area (Å²) in [5, 5.41) is 0. The topological polar surface area (TPSA) is 57.8 Å². The fourth-order valence-corrected chi connectivity index (χ4v) is 3.89. The Hall–Kier alpha value is -2.12. The molecule has 0 saturated carbocycles. The van der Waals surface area contributed by atoms with E-state index in [1.165, 1.54) is 5.69 Å². The van der Waals surface area contributed by atoms with E-state index in [0.717, 1.165) is 50.9 Å². The number of hydrogen-bond acceptors (Lipinski definition) is 5. The molecule has 1 amide bonds. The van der Waals surface area contributed by atoms with Crippen LogP contribution in [0.2, 0.25) is 0 Å². The van der Waals surface area contributed by atoms with E-state index >= 15 is 0 Å². The summed E-state index contributed by atoms with van der Waals surface area (Å²) in [7, 11) is 2.17. The molecule has 2 aliphatic heterocycles. The van der Waals surface area contributed by atoms with Crippen LogP contribution in [0.4, 0.5) is 0 Å². The molecular weight excluding hydrogens is 330 g/mol. The van der Waals surface area contributed by atoms with Crippen LogP contribution in [0.25, 0.3) is 0 Å². The van der Waals surface area contributed by atoms with Crippen molar-refractivity contribution in [1.29, 1.82) is 0 Å². The van der Waals surface area contributed by atoms with E-state index in [2.05, 4.69) is 26.4 Å².